The Labute approximate surface area is 121 Å². The predicted molar refractivity (Wildman–Crippen MR) is 78.7 cm³/mol. The Morgan fingerprint density at radius 3 is 2.84 bits per heavy atom. The van der Waals surface area contributed by atoms with Crippen LogP contribution in [0.1, 0.15) is 6.42 Å². The van der Waals surface area contributed by atoms with Gasteiger partial charge < -0.3 is 20.1 Å². The van der Waals surface area contributed by atoms with E-state index in [9.17, 15) is 4.79 Å². The molecule has 19 heavy (non-hydrogen) atoms. The van der Waals surface area contributed by atoms with Crippen molar-refractivity contribution in [2.24, 2.45) is 0 Å². The molecule has 106 valence electrons. The topological polar surface area (TPSA) is 59.6 Å². The molecular weight excluding hydrogens is 312 g/mol. The molecule has 0 saturated carbocycles. The van der Waals surface area contributed by atoms with Crippen molar-refractivity contribution in [1.82, 2.24) is 5.32 Å². The van der Waals surface area contributed by atoms with E-state index in [2.05, 4.69) is 26.6 Å². The number of ether oxygens (including phenoxy) is 2. The summed E-state index contributed by atoms with van der Waals surface area (Å²) >= 11 is 3.38. The maximum absolute atomic E-state index is 11.5. The zero-order valence-corrected chi connectivity index (χ0v) is 12.7. The van der Waals surface area contributed by atoms with Crippen molar-refractivity contribution in [3.63, 3.8) is 0 Å². The van der Waals surface area contributed by atoms with Crippen molar-refractivity contribution >= 4 is 27.5 Å². The van der Waals surface area contributed by atoms with Crippen molar-refractivity contribution in [1.29, 1.82) is 0 Å². The summed E-state index contributed by atoms with van der Waals surface area (Å²) in [6.45, 7) is 1.51. The lowest BCUT2D eigenvalue weighted by Crippen LogP contribution is -2.31. The quantitative estimate of drug-likeness (QED) is 0.716. The molecule has 1 aromatic carbocycles. The van der Waals surface area contributed by atoms with Crippen LogP contribution in [0.15, 0.2) is 22.7 Å². The van der Waals surface area contributed by atoms with Crippen LogP contribution in [0.5, 0.6) is 5.75 Å². The van der Waals surface area contributed by atoms with E-state index in [1.54, 1.807) is 14.2 Å². The van der Waals surface area contributed by atoms with Crippen LogP contribution in [0.4, 0.5) is 5.69 Å². The number of nitrogens with one attached hydrogen (secondary N) is 2. The molecule has 0 radical (unpaired) electrons. The average molecular weight is 331 g/mol. The van der Waals surface area contributed by atoms with Crippen LogP contribution in [0.3, 0.4) is 0 Å². The molecule has 0 aliphatic rings. The van der Waals surface area contributed by atoms with Gasteiger partial charge in [0.15, 0.2) is 0 Å². The molecule has 0 spiro atoms. The van der Waals surface area contributed by atoms with E-state index >= 15 is 0 Å². The third-order valence-electron chi connectivity index (χ3n) is 2.45. The molecule has 0 saturated heterocycles. The average Bonchev–Trinajstić information content (AvgIpc) is 2.42. The van der Waals surface area contributed by atoms with Gasteiger partial charge in [-0.05, 0) is 34.5 Å². The van der Waals surface area contributed by atoms with Crippen LogP contribution < -0.4 is 15.4 Å². The van der Waals surface area contributed by atoms with Gasteiger partial charge in [-0.1, -0.05) is 0 Å². The minimum absolute atomic E-state index is 0.0435. The second kappa shape index (κ2) is 8.77. The van der Waals surface area contributed by atoms with Crippen molar-refractivity contribution in [2.45, 2.75) is 6.42 Å². The number of rotatable bonds is 8. The molecule has 2 N–H and O–H groups in total. The number of benzene rings is 1. The van der Waals surface area contributed by atoms with Crippen LogP contribution in [-0.4, -0.2) is 39.8 Å². The monoisotopic (exact) mass is 330 g/mol. The molecule has 0 unspecified atom stereocenters. The van der Waals surface area contributed by atoms with E-state index in [-0.39, 0.29) is 12.5 Å². The first-order valence-electron chi connectivity index (χ1n) is 6.00. The van der Waals surface area contributed by atoms with Gasteiger partial charge in [-0.3, -0.25) is 4.79 Å². The van der Waals surface area contributed by atoms with Gasteiger partial charge in [-0.2, -0.15) is 0 Å². The molecule has 0 bridgehead atoms. The predicted octanol–water partition coefficient (Wildman–Crippen LogP) is 2.02. The Morgan fingerprint density at radius 2 is 2.16 bits per heavy atom. The van der Waals surface area contributed by atoms with Crippen LogP contribution in [0.25, 0.3) is 0 Å². The third-order valence-corrected chi connectivity index (χ3v) is 3.11. The van der Waals surface area contributed by atoms with Crippen LogP contribution >= 0.6 is 15.9 Å². The van der Waals surface area contributed by atoms with E-state index in [1.807, 2.05) is 18.2 Å². The van der Waals surface area contributed by atoms with Crippen molar-refractivity contribution in [3.8, 4) is 5.75 Å². The minimum atomic E-state index is -0.0435. The second-order valence-electron chi connectivity index (χ2n) is 3.90. The second-order valence-corrected chi connectivity index (χ2v) is 4.75. The largest absolute Gasteiger partial charge is 0.495 e. The first kappa shape index (κ1) is 15.8. The van der Waals surface area contributed by atoms with Gasteiger partial charge >= 0.3 is 0 Å². The Bertz CT molecular complexity index is 413. The summed E-state index contributed by atoms with van der Waals surface area (Å²) in [5, 5.41) is 5.85. The summed E-state index contributed by atoms with van der Waals surface area (Å²) in [4.78, 5) is 11.5. The molecule has 1 aromatic rings. The Kier molecular flexibility index (Phi) is 7.28. The van der Waals surface area contributed by atoms with Crippen molar-refractivity contribution in [3.05, 3.63) is 22.7 Å². The van der Waals surface area contributed by atoms with Gasteiger partial charge in [-0.15, -0.1) is 0 Å². The summed E-state index contributed by atoms with van der Waals surface area (Å²) in [7, 11) is 3.25. The van der Waals surface area contributed by atoms with Crippen molar-refractivity contribution in [2.75, 3.05) is 39.2 Å². The van der Waals surface area contributed by atoms with E-state index < -0.39 is 0 Å². The number of methoxy groups -OCH3 is 2. The van der Waals surface area contributed by atoms with Crippen LogP contribution in [0.2, 0.25) is 0 Å². The number of carbonyl (C=O) groups is 1. The van der Waals surface area contributed by atoms with Gasteiger partial charge in [0.25, 0.3) is 0 Å². The molecule has 0 heterocycles. The highest BCUT2D eigenvalue weighted by Crippen LogP contribution is 2.27. The van der Waals surface area contributed by atoms with E-state index in [0.717, 1.165) is 22.3 Å². The Hall–Kier alpha value is -1.27. The molecule has 1 rings (SSSR count). The third kappa shape index (κ3) is 5.94. The fourth-order valence-electron chi connectivity index (χ4n) is 1.46. The number of anilines is 1. The highest BCUT2D eigenvalue weighted by Gasteiger charge is 2.03. The van der Waals surface area contributed by atoms with E-state index in [1.165, 1.54) is 0 Å². The molecule has 0 aliphatic carbocycles. The van der Waals surface area contributed by atoms with E-state index in [0.29, 0.717) is 13.2 Å². The summed E-state index contributed by atoms with van der Waals surface area (Å²) in [5.74, 6) is 0.684. The summed E-state index contributed by atoms with van der Waals surface area (Å²) in [6, 6.07) is 5.59. The zero-order valence-electron chi connectivity index (χ0n) is 11.2. The molecule has 5 nitrogen and oxygen atoms in total. The normalized spacial score (nSPS) is 10.1. The molecule has 0 fully saturated rings. The van der Waals surface area contributed by atoms with Crippen LogP contribution in [0, 0.1) is 0 Å². The fraction of sp³-hybridized carbons (Fsp3) is 0.462. The molecular formula is C13H19BrN2O3. The lowest BCUT2D eigenvalue weighted by Gasteiger charge is -2.09. The first-order chi connectivity index (χ1) is 9.17. The molecule has 1 amide bonds. The maximum atomic E-state index is 11.5. The minimum Gasteiger partial charge on any atom is -0.495 e. The molecule has 0 atom stereocenters. The lowest BCUT2D eigenvalue weighted by atomic mass is 10.3. The Balaban J connectivity index is 2.33. The summed E-state index contributed by atoms with van der Waals surface area (Å²) in [6.07, 6.45) is 0.814. The number of hydrogen-bond donors (Lipinski definition) is 2. The number of carbonyl (C=O) groups excluding carboxylic acids is 1. The SMILES string of the molecule is COCCCNC(=O)CNc1ccc(Br)c(OC)c1. The van der Waals surface area contributed by atoms with E-state index in [4.69, 9.17) is 9.47 Å². The first-order valence-corrected chi connectivity index (χ1v) is 6.79. The zero-order chi connectivity index (χ0) is 14.1. The summed E-state index contributed by atoms with van der Waals surface area (Å²) in [5.41, 5.74) is 0.840. The highest BCUT2D eigenvalue weighted by molar-refractivity contribution is 9.10. The number of amides is 1. The standard InChI is InChI=1S/C13H19BrN2O3/c1-18-7-3-6-15-13(17)9-16-10-4-5-11(14)12(8-10)19-2/h4-5,8,16H,3,6-7,9H2,1-2H3,(H,15,17). The number of halogens is 1. The molecule has 0 aromatic heterocycles. The smallest absolute Gasteiger partial charge is 0.239 e. The molecule has 0 aliphatic heterocycles. The summed E-state index contributed by atoms with van der Waals surface area (Å²) < 4.78 is 11.0. The van der Waals surface area contributed by atoms with Crippen molar-refractivity contribution < 1.29 is 14.3 Å². The van der Waals surface area contributed by atoms with Gasteiger partial charge in [-0.25, -0.2) is 0 Å². The lowest BCUT2D eigenvalue weighted by molar-refractivity contribution is -0.119. The van der Waals surface area contributed by atoms with Gasteiger partial charge in [0.1, 0.15) is 5.75 Å². The maximum Gasteiger partial charge on any atom is 0.239 e. The van der Waals surface area contributed by atoms with Gasteiger partial charge in [0.05, 0.1) is 18.1 Å². The van der Waals surface area contributed by atoms with Gasteiger partial charge in [0, 0.05) is 32.0 Å². The molecule has 6 heteroatoms. The van der Waals surface area contributed by atoms with Crippen LogP contribution in [-0.2, 0) is 9.53 Å². The highest BCUT2D eigenvalue weighted by atomic mass is 79.9. The Morgan fingerprint density at radius 1 is 1.37 bits per heavy atom. The number of hydrogen-bond acceptors (Lipinski definition) is 4. The van der Waals surface area contributed by atoms with Gasteiger partial charge in [0.2, 0.25) is 5.91 Å². The fourth-order valence-corrected chi connectivity index (χ4v) is 1.87.